The maximum absolute atomic E-state index is 13.5. The monoisotopic (exact) mass is 440 g/mol. The van der Waals surface area contributed by atoms with Gasteiger partial charge in [0.15, 0.2) is 0 Å². The smallest absolute Gasteiger partial charge is 0.264 e. The minimum absolute atomic E-state index is 0.0873. The zero-order valence-corrected chi connectivity index (χ0v) is 17.9. The molecule has 0 saturated carbocycles. The van der Waals surface area contributed by atoms with E-state index in [0.717, 1.165) is 25.2 Å². The Bertz CT molecular complexity index is 1100. The fraction of sp³-hybridized carbons (Fsp3) is 0.250. The van der Waals surface area contributed by atoms with Crippen LogP contribution in [0.4, 0.5) is 10.1 Å². The second-order valence-corrected chi connectivity index (χ2v) is 9.58. The molecule has 1 aliphatic rings. The van der Waals surface area contributed by atoms with Gasteiger partial charge in [-0.2, -0.15) is 0 Å². The molecule has 0 amide bonds. The van der Waals surface area contributed by atoms with Crippen molar-refractivity contribution in [3.05, 3.63) is 90.2 Å². The van der Waals surface area contributed by atoms with Gasteiger partial charge in [-0.05, 0) is 66.9 Å². The molecule has 7 heteroatoms. The third-order valence-corrected chi connectivity index (χ3v) is 7.51. The van der Waals surface area contributed by atoms with Crippen LogP contribution < -0.4 is 4.31 Å². The third-order valence-electron chi connectivity index (χ3n) is 5.61. The number of aromatic hydroxyl groups is 1. The van der Waals surface area contributed by atoms with Crippen LogP contribution in [0.25, 0.3) is 0 Å². The molecule has 1 fully saturated rings. The van der Waals surface area contributed by atoms with Gasteiger partial charge in [0.2, 0.25) is 0 Å². The lowest BCUT2D eigenvalue weighted by Crippen LogP contribution is -2.47. The number of hydrogen-bond donors (Lipinski definition) is 1. The van der Waals surface area contributed by atoms with E-state index in [2.05, 4.69) is 4.90 Å². The molecule has 162 valence electrons. The highest BCUT2D eigenvalue weighted by Gasteiger charge is 2.34. The van der Waals surface area contributed by atoms with Gasteiger partial charge in [-0.1, -0.05) is 30.3 Å². The van der Waals surface area contributed by atoms with Gasteiger partial charge in [-0.15, -0.1) is 0 Å². The minimum Gasteiger partial charge on any atom is -0.508 e. The van der Waals surface area contributed by atoms with Gasteiger partial charge in [0.05, 0.1) is 10.6 Å². The molecule has 1 aliphatic heterocycles. The number of benzene rings is 3. The summed E-state index contributed by atoms with van der Waals surface area (Å²) in [5, 5.41) is 9.46. The van der Waals surface area contributed by atoms with Crippen LogP contribution in [-0.2, 0) is 16.6 Å². The average Bonchev–Trinajstić information content (AvgIpc) is 2.78. The first-order chi connectivity index (χ1) is 14.9. The highest BCUT2D eigenvalue weighted by atomic mass is 32.2. The first-order valence-corrected chi connectivity index (χ1v) is 11.7. The molecule has 3 aromatic carbocycles. The molecule has 3 aromatic rings. The van der Waals surface area contributed by atoms with Crippen molar-refractivity contribution in [3.63, 3.8) is 0 Å². The van der Waals surface area contributed by atoms with Crippen LogP contribution in [0.3, 0.4) is 0 Å². The summed E-state index contributed by atoms with van der Waals surface area (Å²) in [5.41, 5.74) is 1.72. The largest absolute Gasteiger partial charge is 0.508 e. The lowest BCUT2D eigenvalue weighted by molar-refractivity contribution is 0.206. The number of likely N-dealkylation sites (tertiary alicyclic amines) is 1. The molecule has 31 heavy (non-hydrogen) atoms. The third kappa shape index (κ3) is 4.89. The van der Waals surface area contributed by atoms with Crippen molar-refractivity contribution in [1.29, 1.82) is 0 Å². The zero-order chi connectivity index (χ0) is 21.8. The Kier molecular flexibility index (Phi) is 6.25. The topological polar surface area (TPSA) is 60.9 Å². The molecule has 0 atom stereocenters. The van der Waals surface area contributed by atoms with Crippen LogP contribution in [-0.4, -0.2) is 37.6 Å². The van der Waals surface area contributed by atoms with E-state index >= 15 is 0 Å². The molecule has 0 aliphatic carbocycles. The zero-order valence-electron chi connectivity index (χ0n) is 17.1. The van der Waals surface area contributed by atoms with Crippen molar-refractivity contribution in [3.8, 4) is 5.75 Å². The van der Waals surface area contributed by atoms with Crippen molar-refractivity contribution in [2.45, 2.75) is 30.3 Å². The highest BCUT2D eigenvalue weighted by Crippen LogP contribution is 2.31. The molecule has 4 rings (SSSR count). The molecular formula is C24H25FN2O3S. The summed E-state index contributed by atoms with van der Waals surface area (Å²) in [7, 11) is -3.83. The molecule has 0 spiro atoms. The molecule has 1 heterocycles. The summed E-state index contributed by atoms with van der Waals surface area (Å²) in [6.07, 6.45) is 1.38. The van der Waals surface area contributed by atoms with E-state index < -0.39 is 15.8 Å². The van der Waals surface area contributed by atoms with E-state index in [-0.39, 0.29) is 16.7 Å². The molecule has 0 radical (unpaired) electrons. The van der Waals surface area contributed by atoms with Gasteiger partial charge >= 0.3 is 0 Å². The second kappa shape index (κ2) is 9.08. The van der Waals surface area contributed by atoms with E-state index in [1.165, 1.54) is 28.6 Å². The summed E-state index contributed by atoms with van der Waals surface area (Å²) >= 11 is 0. The van der Waals surface area contributed by atoms with Crippen molar-refractivity contribution in [2.24, 2.45) is 0 Å². The summed E-state index contributed by atoms with van der Waals surface area (Å²) < 4.78 is 41.9. The molecule has 1 N–H and O–H groups in total. The van der Waals surface area contributed by atoms with E-state index in [1.54, 1.807) is 24.3 Å². The first-order valence-electron chi connectivity index (χ1n) is 10.3. The lowest BCUT2D eigenvalue weighted by Gasteiger charge is -2.39. The van der Waals surface area contributed by atoms with Crippen molar-refractivity contribution in [2.75, 3.05) is 17.4 Å². The molecule has 0 aromatic heterocycles. The van der Waals surface area contributed by atoms with Gasteiger partial charge in [-0.3, -0.25) is 9.21 Å². The van der Waals surface area contributed by atoms with Gasteiger partial charge in [0.1, 0.15) is 11.6 Å². The number of phenolic OH excluding ortho intramolecular Hbond substituents is 1. The van der Waals surface area contributed by atoms with Gasteiger partial charge < -0.3 is 5.11 Å². The van der Waals surface area contributed by atoms with Gasteiger partial charge in [0, 0.05) is 25.7 Å². The van der Waals surface area contributed by atoms with Crippen LogP contribution >= 0.6 is 0 Å². The maximum Gasteiger partial charge on any atom is 0.264 e. The lowest BCUT2D eigenvalue weighted by atomic mass is 10.0. The first kappa shape index (κ1) is 21.3. The number of halogens is 1. The number of nitrogens with zero attached hydrogens (tertiary/aromatic N) is 2. The SMILES string of the molecule is O=S(=O)(c1ccc(F)cc1)N(c1ccccc1)C1CCN(Cc2ccc(O)cc2)CC1. The van der Waals surface area contributed by atoms with Gasteiger partial charge in [-0.25, -0.2) is 12.8 Å². The van der Waals surface area contributed by atoms with Crippen LogP contribution in [0.2, 0.25) is 0 Å². The number of anilines is 1. The average molecular weight is 441 g/mol. The van der Waals surface area contributed by atoms with Crippen LogP contribution in [0, 0.1) is 5.82 Å². The normalized spacial score (nSPS) is 15.6. The van der Waals surface area contributed by atoms with Crippen LogP contribution in [0.1, 0.15) is 18.4 Å². The maximum atomic E-state index is 13.5. The van der Waals surface area contributed by atoms with E-state index in [1.807, 2.05) is 30.3 Å². The van der Waals surface area contributed by atoms with E-state index in [0.29, 0.717) is 18.5 Å². The Morgan fingerprint density at radius 3 is 2.13 bits per heavy atom. The molecule has 0 bridgehead atoms. The number of rotatable bonds is 6. The van der Waals surface area contributed by atoms with E-state index in [9.17, 15) is 17.9 Å². The van der Waals surface area contributed by atoms with E-state index in [4.69, 9.17) is 0 Å². The number of para-hydroxylation sites is 1. The number of piperidine rings is 1. The standard InChI is InChI=1S/C24H25FN2O3S/c25-20-8-12-24(13-9-20)31(29,30)27(21-4-2-1-3-5-21)22-14-16-26(17-15-22)18-19-6-10-23(28)11-7-19/h1-13,22,28H,14-18H2. The molecule has 1 saturated heterocycles. The van der Waals surface area contributed by atoms with Crippen molar-refractivity contribution in [1.82, 2.24) is 4.90 Å². The second-order valence-electron chi connectivity index (χ2n) is 7.76. The van der Waals surface area contributed by atoms with Crippen molar-refractivity contribution >= 4 is 15.7 Å². The quantitative estimate of drug-likeness (QED) is 0.618. The molecule has 0 unspecified atom stereocenters. The Morgan fingerprint density at radius 1 is 0.903 bits per heavy atom. The Morgan fingerprint density at radius 2 is 1.52 bits per heavy atom. The predicted molar refractivity (Wildman–Crippen MR) is 119 cm³/mol. The fourth-order valence-corrected chi connectivity index (χ4v) is 5.72. The summed E-state index contributed by atoms with van der Waals surface area (Å²) in [6.45, 7) is 2.27. The fourth-order valence-electron chi connectivity index (χ4n) is 4.01. The predicted octanol–water partition coefficient (Wildman–Crippen LogP) is 4.39. The highest BCUT2D eigenvalue weighted by molar-refractivity contribution is 7.92. The minimum atomic E-state index is -3.83. The van der Waals surface area contributed by atoms with Crippen LogP contribution in [0.5, 0.6) is 5.75 Å². The van der Waals surface area contributed by atoms with Gasteiger partial charge in [0.25, 0.3) is 10.0 Å². The van der Waals surface area contributed by atoms with Crippen molar-refractivity contribution < 1.29 is 17.9 Å². The number of hydrogen-bond acceptors (Lipinski definition) is 4. The number of sulfonamides is 1. The Balaban J connectivity index is 1.54. The summed E-state index contributed by atoms with van der Waals surface area (Å²) in [6, 6.07) is 21.0. The summed E-state index contributed by atoms with van der Waals surface area (Å²) in [4.78, 5) is 2.38. The summed E-state index contributed by atoms with van der Waals surface area (Å²) in [5.74, 6) is -0.222. The number of phenols is 1. The Hall–Kier alpha value is -2.90. The van der Waals surface area contributed by atoms with Crippen LogP contribution in [0.15, 0.2) is 83.8 Å². The molecule has 5 nitrogen and oxygen atoms in total. The molecular weight excluding hydrogens is 415 g/mol. The Labute approximate surface area is 182 Å².